The average Bonchev–Trinajstić information content (AvgIpc) is 2.74. The minimum absolute atomic E-state index is 0.0177. The Hall–Kier alpha value is -4.20. The minimum atomic E-state index is -0.499. The van der Waals surface area contributed by atoms with Crippen molar-refractivity contribution in [2.75, 3.05) is 17.7 Å². The molecule has 0 aliphatic carbocycles. The van der Waals surface area contributed by atoms with Crippen molar-refractivity contribution >= 4 is 28.9 Å². The van der Waals surface area contributed by atoms with Gasteiger partial charge in [-0.25, -0.2) is 0 Å². The number of nitrogens with one attached hydrogen (secondary N) is 2. The first kappa shape index (κ1) is 20.5. The predicted octanol–water partition coefficient (Wildman–Crippen LogP) is 4.04. The molecule has 3 rings (SSSR count). The van der Waals surface area contributed by atoms with Gasteiger partial charge >= 0.3 is 0 Å². The van der Waals surface area contributed by atoms with Crippen molar-refractivity contribution < 1.29 is 19.2 Å². The Labute approximate surface area is 172 Å². The highest BCUT2D eigenvalue weighted by molar-refractivity contribution is 6.10. The Balaban J connectivity index is 1.70. The van der Waals surface area contributed by atoms with Crippen LogP contribution in [-0.4, -0.2) is 23.8 Å². The molecule has 0 atom stereocenters. The van der Waals surface area contributed by atoms with Gasteiger partial charge in [-0.2, -0.15) is 0 Å². The summed E-state index contributed by atoms with van der Waals surface area (Å²) in [7, 11) is 1.54. The Bertz CT molecular complexity index is 1080. The number of rotatable bonds is 7. The van der Waals surface area contributed by atoms with E-state index in [1.54, 1.807) is 48.5 Å². The molecule has 8 heteroatoms. The molecular weight excluding hydrogens is 386 g/mol. The van der Waals surface area contributed by atoms with Crippen molar-refractivity contribution in [3.8, 4) is 5.75 Å². The number of benzene rings is 3. The molecule has 3 aromatic rings. The van der Waals surface area contributed by atoms with Gasteiger partial charge in [0.2, 0.25) is 5.91 Å². The maximum Gasteiger partial charge on any atom is 0.269 e. The summed E-state index contributed by atoms with van der Waals surface area (Å²) in [6.45, 7) is 0. The molecule has 152 valence electrons. The topological polar surface area (TPSA) is 111 Å². The molecule has 0 aliphatic rings. The van der Waals surface area contributed by atoms with Crippen LogP contribution < -0.4 is 15.4 Å². The second-order valence-electron chi connectivity index (χ2n) is 6.38. The van der Waals surface area contributed by atoms with Gasteiger partial charge in [-0.1, -0.05) is 30.3 Å². The van der Waals surface area contributed by atoms with E-state index in [0.29, 0.717) is 28.3 Å². The average molecular weight is 405 g/mol. The van der Waals surface area contributed by atoms with Crippen molar-refractivity contribution in [3.05, 3.63) is 94.0 Å². The molecule has 0 fully saturated rings. The molecule has 30 heavy (non-hydrogen) atoms. The van der Waals surface area contributed by atoms with Gasteiger partial charge < -0.3 is 15.4 Å². The third kappa shape index (κ3) is 5.20. The summed E-state index contributed by atoms with van der Waals surface area (Å²) >= 11 is 0. The third-order valence-corrected chi connectivity index (χ3v) is 4.29. The lowest BCUT2D eigenvalue weighted by Gasteiger charge is -2.12. The number of non-ortho nitro benzene ring substituents is 1. The summed E-state index contributed by atoms with van der Waals surface area (Å²) in [6.07, 6.45) is 0.0177. The number of amides is 2. The number of para-hydroxylation sites is 1. The molecule has 8 nitrogen and oxygen atoms in total. The fourth-order valence-electron chi connectivity index (χ4n) is 2.80. The largest absolute Gasteiger partial charge is 0.497 e. The molecule has 0 saturated carbocycles. The van der Waals surface area contributed by atoms with Crippen LogP contribution in [0.3, 0.4) is 0 Å². The first-order valence-corrected chi connectivity index (χ1v) is 9.04. The summed E-state index contributed by atoms with van der Waals surface area (Å²) in [4.78, 5) is 35.4. The van der Waals surface area contributed by atoms with Crippen LogP contribution in [0.5, 0.6) is 5.75 Å². The van der Waals surface area contributed by atoms with E-state index in [1.165, 1.54) is 31.4 Å². The van der Waals surface area contributed by atoms with E-state index >= 15 is 0 Å². The SMILES string of the molecule is COc1cccc(NC(=O)c2ccccc2NC(=O)Cc2ccc([N+](=O)[O-])cc2)c1. The number of hydrogen-bond donors (Lipinski definition) is 2. The Morgan fingerprint density at radius 2 is 1.70 bits per heavy atom. The lowest BCUT2D eigenvalue weighted by molar-refractivity contribution is -0.384. The maximum absolute atomic E-state index is 12.7. The van der Waals surface area contributed by atoms with Gasteiger partial charge in [-0.05, 0) is 29.8 Å². The number of nitro benzene ring substituents is 1. The van der Waals surface area contributed by atoms with E-state index in [9.17, 15) is 19.7 Å². The van der Waals surface area contributed by atoms with E-state index in [4.69, 9.17) is 4.74 Å². The number of carbonyl (C=O) groups is 2. The highest BCUT2D eigenvalue weighted by atomic mass is 16.6. The highest BCUT2D eigenvalue weighted by Gasteiger charge is 2.14. The van der Waals surface area contributed by atoms with Crippen molar-refractivity contribution in [2.24, 2.45) is 0 Å². The van der Waals surface area contributed by atoms with Crippen LogP contribution in [0, 0.1) is 10.1 Å². The zero-order valence-corrected chi connectivity index (χ0v) is 16.1. The number of ether oxygens (including phenoxy) is 1. The fourth-order valence-corrected chi connectivity index (χ4v) is 2.80. The molecule has 3 aromatic carbocycles. The zero-order chi connectivity index (χ0) is 21.5. The molecule has 0 radical (unpaired) electrons. The van der Waals surface area contributed by atoms with Gasteiger partial charge in [0.25, 0.3) is 11.6 Å². The smallest absolute Gasteiger partial charge is 0.269 e. The normalized spacial score (nSPS) is 10.2. The van der Waals surface area contributed by atoms with Crippen LogP contribution in [0.2, 0.25) is 0 Å². The van der Waals surface area contributed by atoms with Crippen molar-refractivity contribution in [1.82, 2.24) is 0 Å². The van der Waals surface area contributed by atoms with E-state index in [2.05, 4.69) is 10.6 Å². The van der Waals surface area contributed by atoms with Gasteiger partial charge in [-0.3, -0.25) is 19.7 Å². The quantitative estimate of drug-likeness (QED) is 0.455. The predicted molar refractivity (Wildman–Crippen MR) is 113 cm³/mol. The molecule has 2 N–H and O–H groups in total. The molecule has 2 amide bonds. The van der Waals surface area contributed by atoms with Gasteiger partial charge in [0.15, 0.2) is 0 Å². The standard InChI is InChI=1S/C22H19N3O5/c1-30-18-6-4-5-16(14-18)23-22(27)19-7-2-3-8-20(19)24-21(26)13-15-9-11-17(12-10-15)25(28)29/h2-12,14H,13H2,1H3,(H,23,27)(H,24,26). The summed E-state index contributed by atoms with van der Waals surface area (Å²) < 4.78 is 5.15. The molecule has 0 unspecified atom stereocenters. The van der Waals surface area contributed by atoms with Crippen molar-refractivity contribution in [1.29, 1.82) is 0 Å². The summed E-state index contributed by atoms with van der Waals surface area (Å²) in [6, 6.07) is 19.3. The molecule has 0 heterocycles. The van der Waals surface area contributed by atoms with Crippen molar-refractivity contribution in [2.45, 2.75) is 6.42 Å². The lowest BCUT2D eigenvalue weighted by Crippen LogP contribution is -2.19. The van der Waals surface area contributed by atoms with Crippen LogP contribution in [0.15, 0.2) is 72.8 Å². The van der Waals surface area contributed by atoms with Gasteiger partial charge in [-0.15, -0.1) is 0 Å². The van der Waals surface area contributed by atoms with Crippen molar-refractivity contribution in [3.63, 3.8) is 0 Å². The molecule has 0 aliphatic heterocycles. The first-order chi connectivity index (χ1) is 14.5. The second kappa shape index (κ2) is 9.33. The van der Waals surface area contributed by atoms with Crippen LogP contribution >= 0.6 is 0 Å². The van der Waals surface area contributed by atoms with Gasteiger partial charge in [0, 0.05) is 23.9 Å². The third-order valence-electron chi connectivity index (χ3n) is 4.29. The van der Waals surface area contributed by atoms with E-state index in [0.717, 1.165) is 0 Å². The van der Waals surface area contributed by atoms with Crippen LogP contribution in [0.4, 0.5) is 17.1 Å². The summed E-state index contributed by atoms with van der Waals surface area (Å²) in [5, 5.41) is 16.2. The second-order valence-corrected chi connectivity index (χ2v) is 6.38. The fraction of sp³-hybridized carbons (Fsp3) is 0.0909. The monoisotopic (exact) mass is 405 g/mol. The Kier molecular flexibility index (Phi) is 6.39. The van der Waals surface area contributed by atoms with E-state index in [-0.39, 0.29) is 23.9 Å². The number of carbonyl (C=O) groups excluding carboxylic acids is 2. The number of nitro groups is 1. The molecule has 0 saturated heterocycles. The Morgan fingerprint density at radius 3 is 2.40 bits per heavy atom. The molecular formula is C22H19N3O5. The number of nitrogens with zero attached hydrogens (tertiary/aromatic N) is 1. The maximum atomic E-state index is 12.7. The minimum Gasteiger partial charge on any atom is -0.497 e. The molecule has 0 spiro atoms. The number of methoxy groups -OCH3 is 1. The van der Waals surface area contributed by atoms with Gasteiger partial charge in [0.1, 0.15) is 5.75 Å². The molecule has 0 aromatic heterocycles. The Morgan fingerprint density at radius 1 is 0.967 bits per heavy atom. The van der Waals surface area contributed by atoms with Crippen LogP contribution in [0.1, 0.15) is 15.9 Å². The number of hydrogen-bond acceptors (Lipinski definition) is 5. The highest BCUT2D eigenvalue weighted by Crippen LogP contribution is 2.21. The summed E-state index contributed by atoms with van der Waals surface area (Å²) in [5.41, 5.74) is 1.81. The van der Waals surface area contributed by atoms with E-state index < -0.39 is 4.92 Å². The molecule has 0 bridgehead atoms. The van der Waals surface area contributed by atoms with Crippen LogP contribution in [-0.2, 0) is 11.2 Å². The number of anilines is 2. The van der Waals surface area contributed by atoms with E-state index in [1.807, 2.05) is 0 Å². The summed E-state index contributed by atoms with van der Waals surface area (Å²) in [5.74, 6) is -0.113. The first-order valence-electron chi connectivity index (χ1n) is 9.04. The lowest BCUT2D eigenvalue weighted by atomic mass is 10.1. The zero-order valence-electron chi connectivity index (χ0n) is 16.1. The van der Waals surface area contributed by atoms with Gasteiger partial charge in [0.05, 0.1) is 29.7 Å². The van der Waals surface area contributed by atoms with Crippen LogP contribution in [0.25, 0.3) is 0 Å².